The van der Waals surface area contributed by atoms with Crippen molar-refractivity contribution in [3.05, 3.63) is 56.2 Å². The molecule has 0 bridgehead atoms. The van der Waals surface area contributed by atoms with Gasteiger partial charge in [-0.2, -0.15) is 0 Å². The molecule has 0 aliphatic carbocycles. The highest BCUT2D eigenvalue weighted by Gasteiger charge is 2.25. The lowest BCUT2D eigenvalue weighted by Crippen LogP contribution is -2.31. The highest BCUT2D eigenvalue weighted by Crippen LogP contribution is 2.32. The van der Waals surface area contributed by atoms with E-state index in [2.05, 4.69) is 93.4 Å². The second-order valence-electron chi connectivity index (χ2n) is 15.6. The average molecular weight is 692 g/mol. The van der Waals surface area contributed by atoms with Gasteiger partial charge in [-0.1, -0.05) is 137 Å². The molecule has 0 spiro atoms. The van der Waals surface area contributed by atoms with Crippen LogP contribution >= 0.6 is 0 Å². The monoisotopic (exact) mass is 692 g/mol. The molecule has 3 aromatic rings. The number of aromatic nitrogens is 6. The minimum atomic E-state index is 0.618. The predicted molar refractivity (Wildman–Crippen MR) is 212 cm³/mol. The zero-order chi connectivity index (χ0) is 35.5. The number of hydrogen-bond acceptors (Lipinski definition) is 2. The Kier molecular flexibility index (Phi) is 23.0. The summed E-state index contributed by atoms with van der Waals surface area (Å²) in [5.74, 6) is 1.64. The maximum atomic E-state index is 4.42. The summed E-state index contributed by atoms with van der Waals surface area (Å²) in [7, 11) is 0. The molecule has 50 heavy (non-hydrogen) atoms. The fourth-order valence-electron chi connectivity index (χ4n) is 8.32. The molecule has 3 aromatic heterocycles. The number of imidazole rings is 3. The molecular weight excluding hydrogens is 613 g/mol. The van der Waals surface area contributed by atoms with Crippen LogP contribution in [0.15, 0.2) is 56.2 Å². The lowest BCUT2D eigenvalue weighted by Gasteiger charge is -2.24. The molecule has 4 unspecified atom stereocenters. The van der Waals surface area contributed by atoms with Gasteiger partial charge in [-0.25, -0.2) is 19.1 Å². The number of hydrogen-bond donors (Lipinski definition) is 0. The summed E-state index contributed by atoms with van der Waals surface area (Å²) in [6.45, 7) is 11.7. The van der Waals surface area contributed by atoms with Crippen LogP contribution in [-0.4, -0.2) is 23.7 Å². The van der Waals surface area contributed by atoms with Crippen LogP contribution in [0.1, 0.15) is 200 Å². The number of aryl methyl sites for hydroxylation is 2. The van der Waals surface area contributed by atoms with Crippen LogP contribution < -0.4 is 4.57 Å². The summed E-state index contributed by atoms with van der Waals surface area (Å²) >= 11 is 0. The number of nitrogens with zero attached hydrogens (tertiary/aromatic N) is 6. The van der Waals surface area contributed by atoms with E-state index in [0.717, 1.165) is 24.9 Å². The maximum Gasteiger partial charge on any atom is 0.243 e. The Morgan fingerprint density at radius 2 is 1.20 bits per heavy atom. The summed E-state index contributed by atoms with van der Waals surface area (Å²) in [6.07, 6.45) is 53.0. The summed E-state index contributed by atoms with van der Waals surface area (Å²) in [5.41, 5.74) is 0. The van der Waals surface area contributed by atoms with Crippen LogP contribution in [0.5, 0.6) is 0 Å². The highest BCUT2D eigenvalue weighted by molar-refractivity contribution is 4.83. The fraction of sp³-hybridized carbons (Fsp3) is 0.795. The van der Waals surface area contributed by atoms with Gasteiger partial charge in [-0.3, -0.25) is 0 Å². The van der Waals surface area contributed by atoms with Crippen LogP contribution in [0.3, 0.4) is 0 Å². The third-order valence-electron chi connectivity index (χ3n) is 11.6. The van der Waals surface area contributed by atoms with Crippen molar-refractivity contribution in [3.63, 3.8) is 0 Å². The second kappa shape index (κ2) is 27.3. The summed E-state index contributed by atoms with van der Waals surface area (Å²) < 4.78 is 9.59. The van der Waals surface area contributed by atoms with Gasteiger partial charge < -0.3 is 9.13 Å². The van der Waals surface area contributed by atoms with Gasteiger partial charge in [-0.05, 0) is 63.2 Å². The summed E-state index contributed by atoms with van der Waals surface area (Å²) in [4.78, 5) is 8.56. The van der Waals surface area contributed by atoms with Gasteiger partial charge in [0.2, 0.25) is 6.33 Å². The second-order valence-corrected chi connectivity index (χ2v) is 15.6. The van der Waals surface area contributed by atoms with E-state index in [1.54, 1.807) is 0 Å². The van der Waals surface area contributed by atoms with Crippen molar-refractivity contribution < 1.29 is 4.57 Å². The zero-order valence-corrected chi connectivity index (χ0v) is 33.3. The molecule has 0 saturated heterocycles. The SMILES string of the molecule is CCCC[n+]1ccn(C(CCCCCCCCC(CC)CC(CCCCCCCCCCCn2ccnc2)n2ccnc2)C(CC)CCC)c1. The minimum Gasteiger partial charge on any atom is -0.337 e. The van der Waals surface area contributed by atoms with Gasteiger partial charge in [-0.15, -0.1) is 0 Å². The van der Waals surface area contributed by atoms with Gasteiger partial charge in [0.1, 0.15) is 18.4 Å². The Balaban J connectivity index is 1.26. The molecule has 0 aromatic carbocycles. The van der Waals surface area contributed by atoms with E-state index in [0.29, 0.717) is 12.1 Å². The first-order valence-corrected chi connectivity index (χ1v) is 21.7. The van der Waals surface area contributed by atoms with Gasteiger partial charge in [0.15, 0.2) is 0 Å². The van der Waals surface area contributed by atoms with E-state index in [-0.39, 0.29) is 0 Å². The van der Waals surface area contributed by atoms with E-state index < -0.39 is 0 Å². The van der Waals surface area contributed by atoms with Crippen LogP contribution in [0, 0.1) is 11.8 Å². The smallest absolute Gasteiger partial charge is 0.243 e. The molecule has 0 aliphatic rings. The highest BCUT2D eigenvalue weighted by atomic mass is 15.1. The van der Waals surface area contributed by atoms with E-state index in [4.69, 9.17) is 0 Å². The van der Waals surface area contributed by atoms with Crippen molar-refractivity contribution in [1.29, 1.82) is 0 Å². The first kappa shape index (κ1) is 42.0. The molecular formula is C44H79N6+. The van der Waals surface area contributed by atoms with Crippen molar-refractivity contribution in [2.45, 2.75) is 213 Å². The lowest BCUT2D eigenvalue weighted by molar-refractivity contribution is -0.697. The maximum absolute atomic E-state index is 4.42. The first-order valence-electron chi connectivity index (χ1n) is 21.7. The predicted octanol–water partition coefficient (Wildman–Crippen LogP) is 12.7. The third kappa shape index (κ3) is 17.2. The Morgan fingerprint density at radius 3 is 1.80 bits per heavy atom. The van der Waals surface area contributed by atoms with E-state index in [9.17, 15) is 0 Å². The molecule has 0 amide bonds. The van der Waals surface area contributed by atoms with Crippen LogP contribution in [0.25, 0.3) is 0 Å². The largest absolute Gasteiger partial charge is 0.337 e. The van der Waals surface area contributed by atoms with Crippen LogP contribution in [0.2, 0.25) is 0 Å². The lowest BCUT2D eigenvalue weighted by atomic mass is 9.88. The molecule has 3 rings (SSSR count). The van der Waals surface area contributed by atoms with Gasteiger partial charge in [0.05, 0.1) is 19.2 Å². The van der Waals surface area contributed by atoms with Gasteiger partial charge >= 0.3 is 0 Å². The van der Waals surface area contributed by atoms with Crippen molar-refractivity contribution in [2.75, 3.05) is 0 Å². The Labute approximate surface area is 308 Å². The molecule has 4 atom stereocenters. The summed E-state index contributed by atoms with van der Waals surface area (Å²) in [5, 5.41) is 0. The molecule has 6 nitrogen and oxygen atoms in total. The van der Waals surface area contributed by atoms with Gasteiger partial charge in [0.25, 0.3) is 0 Å². The average Bonchev–Trinajstić information content (AvgIpc) is 3.95. The van der Waals surface area contributed by atoms with Crippen molar-refractivity contribution in [1.82, 2.24) is 23.7 Å². The van der Waals surface area contributed by atoms with Crippen molar-refractivity contribution in [2.24, 2.45) is 11.8 Å². The zero-order valence-electron chi connectivity index (χ0n) is 33.3. The number of rotatable bonds is 33. The Morgan fingerprint density at radius 1 is 0.560 bits per heavy atom. The van der Waals surface area contributed by atoms with Crippen molar-refractivity contribution >= 4 is 0 Å². The molecule has 0 radical (unpaired) electrons. The van der Waals surface area contributed by atoms with E-state index in [1.165, 1.54) is 161 Å². The van der Waals surface area contributed by atoms with Crippen LogP contribution in [0.4, 0.5) is 0 Å². The van der Waals surface area contributed by atoms with Crippen molar-refractivity contribution in [3.8, 4) is 0 Å². The molecule has 284 valence electrons. The fourth-order valence-corrected chi connectivity index (χ4v) is 8.32. The normalized spacial score (nSPS) is 14.2. The van der Waals surface area contributed by atoms with E-state index >= 15 is 0 Å². The quantitative estimate of drug-likeness (QED) is 0.0471. The topological polar surface area (TPSA) is 44.5 Å². The standard InChI is InChI=1S/C44H79N6/c1-5-9-31-48-35-36-50(40-48)44(42(8-4)25-6-2)28-23-19-15-14-17-21-26-41(7-3)37-43(49-34-30-46-39-49)27-22-18-13-11-10-12-16-20-24-32-47-33-29-45-38-47/h29-30,33-36,38-44H,5-28,31-32,37H2,1-4H3/q+1. The summed E-state index contributed by atoms with van der Waals surface area (Å²) in [6, 6.07) is 1.28. The van der Waals surface area contributed by atoms with Crippen LogP contribution in [-0.2, 0) is 13.1 Å². The molecule has 0 fully saturated rings. The third-order valence-corrected chi connectivity index (χ3v) is 11.6. The first-order chi connectivity index (χ1) is 24.7. The number of unbranched alkanes of at least 4 members (excludes halogenated alkanes) is 14. The molecule has 3 heterocycles. The van der Waals surface area contributed by atoms with E-state index in [1.807, 2.05) is 18.7 Å². The Bertz CT molecular complexity index is 1140. The minimum absolute atomic E-state index is 0.618. The molecule has 0 saturated carbocycles. The molecule has 0 N–H and O–H groups in total. The molecule has 6 heteroatoms. The molecule has 0 aliphatic heterocycles. The Hall–Kier alpha value is -2.37. The van der Waals surface area contributed by atoms with Gasteiger partial charge in [0, 0.05) is 37.4 Å².